The lowest BCUT2D eigenvalue weighted by Gasteiger charge is -2.15. The van der Waals surface area contributed by atoms with E-state index in [0.717, 1.165) is 6.07 Å². The highest BCUT2D eigenvalue weighted by Gasteiger charge is 2.33. The van der Waals surface area contributed by atoms with Crippen molar-refractivity contribution < 1.29 is 42.8 Å². The number of aromatic amines is 1. The fourth-order valence-corrected chi connectivity index (χ4v) is 2.21. The highest BCUT2D eigenvalue weighted by molar-refractivity contribution is 6.07. The minimum absolute atomic E-state index is 0.449. The second-order valence-corrected chi connectivity index (χ2v) is 4.83. The monoisotopic (exact) mass is 374 g/mol. The van der Waals surface area contributed by atoms with Gasteiger partial charge >= 0.3 is 18.3 Å². The molecule has 6 N–H and O–H groups in total. The summed E-state index contributed by atoms with van der Waals surface area (Å²) in [6, 6.07) is 2.16. The van der Waals surface area contributed by atoms with Crippen molar-refractivity contribution in [2.45, 2.75) is 6.36 Å². The Morgan fingerprint density at radius 3 is 2.19 bits per heavy atom. The molecule has 9 nitrogen and oxygen atoms in total. The van der Waals surface area contributed by atoms with Gasteiger partial charge in [-0.3, -0.25) is 4.79 Å². The van der Waals surface area contributed by atoms with E-state index in [9.17, 15) is 42.9 Å². The van der Waals surface area contributed by atoms with Gasteiger partial charge in [0.05, 0.1) is 0 Å². The number of carboxylic acid groups (broad SMARTS) is 2. The number of aromatic carboxylic acids is 2. The summed E-state index contributed by atoms with van der Waals surface area (Å²) in [5.41, 5.74) is 1.06. The van der Waals surface area contributed by atoms with Crippen molar-refractivity contribution >= 4 is 17.8 Å². The number of nitrogens with two attached hydrogens (primary N) is 1. The number of alkyl halides is 3. The van der Waals surface area contributed by atoms with E-state index >= 15 is 0 Å². The molecular weight excluding hydrogens is 365 g/mol. The third kappa shape index (κ3) is 3.53. The summed E-state index contributed by atoms with van der Waals surface area (Å²) in [7, 11) is 0. The molecule has 138 valence electrons. The minimum Gasteiger partial charge on any atom is -0.504 e. The number of benzene rings is 1. The molecule has 0 amide bonds. The highest BCUT2D eigenvalue weighted by Crippen LogP contribution is 2.37. The molecule has 0 aliphatic heterocycles. The zero-order valence-corrected chi connectivity index (χ0v) is 12.4. The van der Waals surface area contributed by atoms with Crippen molar-refractivity contribution in [1.82, 2.24) is 4.98 Å². The van der Waals surface area contributed by atoms with E-state index in [1.165, 1.54) is 0 Å². The molecule has 1 aromatic heterocycles. The molecule has 1 heterocycles. The van der Waals surface area contributed by atoms with Gasteiger partial charge in [0.25, 0.3) is 5.56 Å². The second kappa shape index (κ2) is 6.31. The van der Waals surface area contributed by atoms with Crippen LogP contribution in [0.3, 0.4) is 0 Å². The van der Waals surface area contributed by atoms with Crippen LogP contribution in [0.2, 0.25) is 0 Å². The lowest BCUT2D eigenvalue weighted by molar-refractivity contribution is -0.275. The third-order valence-electron chi connectivity index (χ3n) is 3.15. The second-order valence-electron chi connectivity index (χ2n) is 4.83. The maximum Gasteiger partial charge on any atom is 0.573 e. The van der Waals surface area contributed by atoms with Gasteiger partial charge in [-0.15, -0.1) is 13.2 Å². The lowest BCUT2D eigenvalue weighted by atomic mass is 9.95. The Morgan fingerprint density at radius 1 is 1.12 bits per heavy atom. The Morgan fingerprint density at radius 2 is 1.69 bits per heavy atom. The topological polar surface area (TPSA) is 163 Å². The highest BCUT2D eigenvalue weighted by atomic mass is 19.4. The van der Waals surface area contributed by atoms with Crippen LogP contribution in [0.4, 0.5) is 19.0 Å². The first-order chi connectivity index (χ1) is 11.9. The van der Waals surface area contributed by atoms with Gasteiger partial charge in [-0.1, -0.05) is 6.07 Å². The summed E-state index contributed by atoms with van der Waals surface area (Å²) in [5.74, 6) is -6.34. The molecule has 0 unspecified atom stereocenters. The number of nitrogens with one attached hydrogen (secondary N) is 1. The number of anilines is 1. The zero-order valence-electron chi connectivity index (χ0n) is 12.4. The van der Waals surface area contributed by atoms with Gasteiger partial charge in [-0.25, -0.2) is 9.59 Å². The quantitative estimate of drug-likeness (QED) is 0.539. The number of phenolic OH excluding ortho intramolecular Hbond substituents is 1. The number of carbonyl (C=O) groups is 2. The normalized spacial score (nSPS) is 11.2. The number of carboxylic acids is 2. The van der Waals surface area contributed by atoms with Gasteiger partial charge in [-0.05, 0) is 17.7 Å². The van der Waals surface area contributed by atoms with Crippen LogP contribution in [-0.2, 0) is 0 Å². The van der Waals surface area contributed by atoms with Crippen LogP contribution in [0.25, 0.3) is 11.1 Å². The molecule has 2 rings (SSSR count). The van der Waals surface area contributed by atoms with Crippen LogP contribution in [0, 0.1) is 0 Å². The average Bonchev–Trinajstić information content (AvgIpc) is 2.46. The lowest BCUT2D eigenvalue weighted by Crippen LogP contribution is -2.24. The summed E-state index contributed by atoms with van der Waals surface area (Å²) in [6.45, 7) is 0. The number of H-pyrrole nitrogens is 1. The number of hydrogen-bond acceptors (Lipinski definition) is 6. The van der Waals surface area contributed by atoms with E-state index in [1.54, 1.807) is 0 Å². The fourth-order valence-electron chi connectivity index (χ4n) is 2.21. The van der Waals surface area contributed by atoms with Crippen LogP contribution in [0.5, 0.6) is 11.5 Å². The van der Waals surface area contributed by atoms with E-state index in [4.69, 9.17) is 5.73 Å². The van der Waals surface area contributed by atoms with Gasteiger partial charge in [0.1, 0.15) is 16.9 Å². The van der Waals surface area contributed by atoms with Gasteiger partial charge in [0.15, 0.2) is 11.5 Å². The molecule has 0 radical (unpaired) electrons. The van der Waals surface area contributed by atoms with Gasteiger partial charge in [0.2, 0.25) is 0 Å². The van der Waals surface area contributed by atoms with Gasteiger partial charge in [0, 0.05) is 5.56 Å². The number of hydrogen-bond donors (Lipinski definition) is 5. The molecule has 0 fully saturated rings. The molecule has 26 heavy (non-hydrogen) atoms. The third-order valence-corrected chi connectivity index (χ3v) is 3.15. The Kier molecular flexibility index (Phi) is 4.52. The van der Waals surface area contributed by atoms with E-state index in [2.05, 4.69) is 4.74 Å². The maximum absolute atomic E-state index is 12.4. The molecule has 2 aromatic rings. The van der Waals surface area contributed by atoms with Crippen LogP contribution in [-0.4, -0.2) is 38.6 Å². The minimum atomic E-state index is -5.19. The Hall–Kier alpha value is -3.70. The molecule has 0 atom stereocenters. The number of halogens is 3. The van der Waals surface area contributed by atoms with Crippen molar-refractivity contribution in [2.24, 2.45) is 0 Å². The summed E-state index contributed by atoms with van der Waals surface area (Å²) in [4.78, 5) is 36.5. The fraction of sp³-hybridized carbons (Fsp3) is 0.0714. The number of phenols is 1. The molecule has 0 saturated carbocycles. The van der Waals surface area contributed by atoms with Crippen LogP contribution in [0.15, 0.2) is 23.0 Å². The first-order valence-electron chi connectivity index (χ1n) is 6.54. The Balaban J connectivity index is 2.87. The predicted molar refractivity (Wildman–Crippen MR) is 79.2 cm³/mol. The molecule has 0 spiro atoms. The van der Waals surface area contributed by atoms with Crippen molar-refractivity contribution in [3.05, 3.63) is 39.7 Å². The number of rotatable bonds is 4. The molecule has 1 aromatic carbocycles. The largest absolute Gasteiger partial charge is 0.573 e. The van der Waals surface area contributed by atoms with Crippen LogP contribution < -0.4 is 16.0 Å². The van der Waals surface area contributed by atoms with Crippen LogP contribution in [0.1, 0.15) is 20.7 Å². The summed E-state index contributed by atoms with van der Waals surface area (Å²) >= 11 is 0. The number of pyridine rings is 1. The Labute approximate surface area is 141 Å². The first-order valence-corrected chi connectivity index (χ1v) is 6.54. The molecule has 12 heteroatoms. The smallest absolute Gasteiger partial charge is 0.504 e. The average molecular weight is 374 g/mol. The SMILES string of the molecule is Nc1[nH]c(=O)c(C(=O)O)c(-c2ccc(O)c(OC(F)(F)F)c2)c1C(=O)O. The van der Waals surface area contributed by atoms with Crippen molar-refractivity contribution in [3.63, 3.8) is 0 Å². The zero-order chi connectivity index (χ0) is 19.8. The summed E-state index contributed by atoms with van der Waals surface area (Å²) < 4.78 is 40.8. The van der Waals surface area contributed by atoms with Gasteiger partial charge in [-0.2, -0.15) is 0 Å². The van der Waals surface area contributed by atoms with E-state index in [0.29, 0.717) is 12.1 Å². The summed E-state index contributed by atoms with van der Waals surface area (Å²) in [6.07, 6.45) is -5.19. The van der Waals surface area contributed by atoms with E-state index < -0.39 is 63.4 Å². The Bertz CT molecular complexity index is 966. The van der Waals surface area contributed by atoms with Gasteiger partial charge < -0.3 is 30.8 Å². The van der Waals surface area contributed by atoms with E-state index in [1.807, 2.05) is 4.98 Å². The number of nitrogen functional groups attached to an aromatic ring is 1. The molecule has 0 aliphatic rings. The van der Waals surface area contributed by atoms with Crippen molar-refractivity contribution in [3.8, 4) is 22.6 Å². The van der Waals surface area contributed by atoms with Crippen molar-refractivity contribution in [2.75, 3.05) is 5.73 Å². The summed E-state index contributed by atoms with van der Waals surface area (Å²) in [5, 5.41) is 27.9. The number of aromatic hydroxyl groups is 1. The standard InChI is InChI=1S/C14H9F3N2O7/c15-14(16,17)26-6-3-4(1-2-5(6)20)7-8(12(22)23)10(18)19-11(21)9(7)13(24)25/h1-3,20H,(H,22,23)(H,24,25)(H3,18,19,21). The van der Waals surface area contributed by atoms with Crippen molar-refractivity contribution in [1.29, 1.82) is 0 Å². The molecule has 0 aliphatic carbocycles. The maximum atomic E-state index is 12.4. The molecule has 0 bridgehead atoms. The molecule has 0 saturated heterocycles. The number of ether oxygens (including phenoxy) is 1. The number of aromatic nitrogens is 1. The predicted octanol–water partition coefficient (Wildman–Crippen LogP) is 1.62. The molecular formula is C14H9F3N2O7. The van der Waals surface area contributed by atoms with E-state index in [-0.39, 0.29) is 0 Å². The first kappa shape index (κ1) is 18.6. The van der Waals surface area contributed by atoms with Crippen LogP contribution >= 0.6 is 0 Å².